The molecule has 8 heteroatoms. The molecule has 0 aromatic carbocycles. The highest BCUT2D eigenvalue weighted by atomic mass is 32.2. The third-order valence-corrected chi connectivity index (χ3v) is 2.35. The molecule has 0 heterocycles. The van der Waals surface area contributed by atoms with Gasteiger partial charge in [0.2, 0.25) is 0 Å². The standard InChI is InChI=1S/C6H13N3O4S/c1-14(12,13)4-2-3-8-5(10)6(11)9-7/h2-4,7H2,1H3,(H,8,10)(H,9,11). The van der Waals surface area contributed by atoms with Crippen LogP contribution in [0.3, 0.4) is 0 Å². The van der Waals surface area contributed by atoms with E-state index in [-0.39, 0.29) is 18.7 Å². The molecule has 0 aliphatic heterocycles. The van der Waals surface area contributed by atoms with Crippen LogP contribution in [0.25, 0.3) is 0 Å². The predicted molar refractivity (Wildman–Crippen MR) is 49.7 cm³/mol. The Morgan fingerprint density at radius 3 is 2.29 bits per heavy atom. The molecule has 0 bridgehead atoms. The predicted octanol–water partition coefficient (Wildman–Crippen LogP) is -2.47. The van der Waals surface area contributed by atoms with Crippen molar-refractivity contribution >= 4 is 21.7 Å². The second kappa shape index (κ2) is 5.55. The van der Waals surface area contributed by atoms with Crippen molar-refractivity contribution in [2.75, 3.05) is 18.6 Å². The van der Waals surface area contributed by atoms with E-state index in [0.717, 1.165) is 6.26 Å². The van der Waals surface area contributed by atoms with Crippen LogP contribution in [0.4, 0.5) is 0 Å². The van der Waals surface area contributed by atoms with Crippen LogP contribution >= 0.6 is 0 Å². The molecular weight excluding hydrogens is 210 g/mol. The first kappa shape index (κ1) is 12.8. The maximum absolute atomic E-state index is 10.7. The van der Waals surface area contributed by atoms with E-state index in [0.29, 0.717) is 0 Å². The molecule has 0 rings (SSSR count). The zero-order chi connectivity index (χ0) is 11.2. The number of nitrogens with one attached hydrogen (secondary N) is 2. The van der Waals surface area contributed by atoms with E-state index in [9.17, 15) is 18.0 Å². The van der Waals surface area contributed by atoms with Crippen molar-refractivity contribution in [3.05, 3.63) is 0 Å². The highest BCUT2D eigenvalue weighted by Gasteiger charge is 2.10. The smallest absolute Gasteiger partial charge is 0.323 e. The minimum absolute atomic E-state index is 0.0302. The first-order valence-electron chi connectivity index (χ1n) is 3.83. The summed E-state index contributed by atoms with van der Waals surface area (Å²) in [6.45, 7) is 0.124. The molecule has 14 heavy (non-hydrogen) atoms. The average Bonchev–Trinajstić information content (AvgIpc) is 2.09. The summed E-state index contributed by atoms with van der Waals surface area (Å²) in [4.78, 5) is 21.3. The summed E-state index contributed by atoms with van der Waals surface area (Å²) in [5.41, 5.74) is 1.65. The summed E-state index contributed by atoms with van der Waals surface area (Å²) < 4.78 is 21.3. The summed E-state index contributed by atoms with van der Waals surface area (Å²) in [5.74, 6) is 2.83. The van der Waals surface area contributed by atoms with Gasteiger partial charge in [-0.3, -0.25) is 15.0 Å². The number of nitrogens with two attached hydrogens (primary N) is 1. The number of hydrazine groups is 1. The molecule has 4 N–H and O–H groups in total. The second-order valence-corrected chi connectivity index (χ2v) is 4.97. The Bertz CT molecular complexity index is 311. The van der Waals surface area contributed by atoms with Crippen LogP contribution in [0.15, 0.2) is 0 Å². The fourth-order valence-corrected chi connectivity index (χ4v) is 1.35. The molecule has 0 radical (unpaired) electrons. The van der Waals surface area contributed by atoms with E-state index in [2.05, 4.69) is 5.32 Å². The van der Waals surface area contributed by atoms with Crippen molar-refractivity contribution in [1.29, 1.82) is 0 Å². The van der Waals surface area contributed by atoms with Crippen molar-refractivity contribution in [3.63, 3.8) is 0 Å². The summed E-state index contributed by atoms with van der Waals surface area (Å²) in [6, 6.07) is 0. The molecule has 0 unspecified atom stereocenters. The Hall–Kier alpha value is -1.15. The van der Waals surface area contributed by atoms with Crippen LogP contribution in [0, 0.1) is 0 Å². The molecule has 82 valence electrons. The Labute approximate surface area is 81.9 Å². The Balaban J connectivity index is 3.66. The number of hydrogen-bond donors (Lipinski definition) is 3. The van der Waals surface area contributed by atoms with Crippen molar-refractivity contribution in [2.24, 2.45) is 5.84 Å². The van der Waals surface area contributed by atoms with Crippen LogP contribution in [-0.4, -0.2) is 38.8 Å². The van der Waals surface area contributed by atoms with Gasteiger partial charge in [0.15, 0.2) is 0 Å². The van der Waals surface area contributed by atoms with Gasteiger partial charge >= 0.3 is 11.8 Å². The quantitative estimate of drug-likeness (QED) is 0.160. The van der Waals surface area contributed by atoms with Crippen molar-refractivity contribution in [2.45, 2.75) is 6.42 Å². The van der Waals surface area contributed by atoms with E-state index < -0.39 is 21.7 Å². The highest BCUT2D eigenvalue weighted by Crippen LogP contribution is 1.86. The normalized spacial score (nSPS) is 10.7. The van der Waals surface area contributed by atoms with Crippen molar-refractivity contribution < 1.29 is 18.0 Å². The van der Waals surface area contributed by atoms with E-state index in [1.54, 1.807) is 5.43 Å². The Morgan fingerprint density at radius 2 is 1.86 bits per heavy atom. The largest absolute Gasteiger partial charge is 0.348 e. The van der Waals surface area contributed by atoms with Gasteiger partial charge in [-0.1, -0.05) is 0 Å². The first-order valence-corrected chi connectivity index (χ1v) is 5.89. The molecule has 7 nitrogen and oxygen atoms in total. The lowest BCUT2D eigenvalue weighted by Crippen LogP contribution is -2.43. The fourth-order valence-electron chi connectivity index (χ4n) is 0.682. The summed E-state index contributed by atoms with van der Waals surface area (Å²) in [5, 5.41) is 2.21. The molecule has 0 atom stereocenters. The van der Waals surface area contributed by atoms with Gasteiger partial charge in [-0.25, -0.2) is 14.3 Å². The van der Waals surface area contributed by atoms with Crippen molar-refractivity contribution in [1.82, 2.24) is 10.7 Å². The molecule has 0 saturated carbocycles. The molecule has 0 aliphatic rings. The molecule has 0 aromatic rings. The number of rotatable bonds is 4. The second-order valence-electron chi connectivity index (χ2n) is 2.71. The number of sulfone groups is 1. The van der Waals surface area contributed by atoms with Crippen LogP contribution in [0.5, 0.6) is 0 Å². The Kier molecular flexibility index (Phi) is 5.10. The number of carbonyl (C=O) groups excluding carboxylic acids is 2. The van der Waals surface area contributed by atoms with Crippen LogP contribution in [0.2, 0.25) is 0 Å². The summed E-state index contributed by atoms with van der Waals surface area (Å²) in [7, 11) is -3.02. The summed E-state index contributed by atoms with van der Waals surface area (Å²) in [6.07, 6.45) is 1.36. The third kappa shape index (κ3) is 6.38. The van der Waals surface area contributed by atoms with E-state index >= 15 is 0 Å². The monoisotopic (exact) mass is 223 g/mol. The highest BCUT2D eigenvalue weighted by molar-refractivity contribution is 7.90. The van der Waals surface area contributed by atoms with E-state index in [1.165, 1.54) is 0 Å². The molecule has 2 amide bonds. The van der Waals surface area contributed by atoms with E-state index in [4.69, 9.17) is 5.84 Å². The SMILES string of the molecule is CS(=O)(=O)CCCNC(=O)C(=O)NN. The van der Waals surface area contributed by atoms with Gasteiger partial charge in [-0.05, 0) is 6.42 Å². The molecular formula is C6H13N3O4S. The van der Waals surface area contributed by atoms with Gasteiger partial charge in [0, 0.05) is 12.8 Å². The molecule has 0 fully saturated rings. The van der Waals surface area contributed by atoms with Gasteiger partial charge in [0.25, 0.3) is 0 Å². The molecule has 0 spiro atoms. The molecule has 0 aromatic heterocycles. The zero-order valence-corrected chi connectivity index (χ0v) is 8.56. The van der Waals surface area contributed by atoms with Gasteiger partial charge in [-0.2, -0.15) is 0 Å². The fraction of sp³-hybridized carbons (Fsp3) is 0.667. The van der Waals surface area contributed by atoms with Crippen molar-refractivity contribution in [3.8, 4) is 0 Å². The number of hydrogen-bond acceptors (Lipinski definition) is 5. The third-order valence-electron chi connectivity index (χ3n) is 1.31. The maximum atomic E-state index is 10.7. The van der Waals surface area contributed by atoms with Crippen LogP contribution in [0.1, 0.15) is 6.42 Å². The number of carbonyl (C=O) groups is 2. The van der Waals surface area contributed by atoms with E-state index in [1.807, 2.05) is 0 Å². The lowest BCUT2D eigenvalue weighted by Gasteiger charge is -2.02. The molecule has 0 saturated heterocycles. The average molecular weight is 223 g/mol. The van der Waals surface area contributed by atoms with Crippen LogP contribution in [-0.2, 0) is 19.4 Å². The van der Waals surface area contributed by atoms with Gasteiger partial charge in [-0.15, -0.1) is 0 Å². The topological polar surface area (TPSA) is 118 Å². The minimum atomic E-state index is -3.02. The number of amides is 2. The lowest BCUT2D eigenvalue weighted by atomic mass is 10.4. The minimum Gasteiger partial charge on any atom is -0.348 e. The van der Waals surface area contributed by atoms with Gasteiger partial charge in [0.1, 0.15) is 9.84 Å². The summed E-state index contributed by atoms with van der Waals surface area (Å²) >= 11 is 0. The first-order chi connectivity index (χ1) is 6.37. The lowest BCUT2D eigenvalue weighted by molar-refractivity contribution is -0.139. The Morgan fingerprint density at radius 1 is 1.29 bits per heavy atom. The molecule has 0 aliphatic carbocycles. The van der Waals surface area contributed by atoms with Gasteiger partial charge in [0.05, 0.1) is 5.75 Å². The zero-order valence-electron chi connectivity index (χ0n) is 7.74. The van der Waals surface area contributed by atoms with Gasteiger partial charge < -0.3 is 5.32 Å². The van der Waals surface area contributed by atoms with Crippen LogP contribution < -0.4 is 16.6 Å². The maximum Gasteiger partial charge on any atom is 0.323 e.